The minimum absolute atomic E-state index is 0.958. The molecule has 1 atom stereocenters. The van der Waals surface area contributed by atoms with E-state index in [1.807, 2.05) is 0 Å². The maximum Gasteiger partial charge on any atom is -0.0389 e. The van der Waals surface area contributed by atoms with E-state index >= 15 is 0 Å². The fraction of sp³-hybridized carbons (Fsp3) is 1.00. The molecule has 0 aromatic rings. The number of hydrogen-bond acceptors (Lipinski definition) is 0. The molecule has 1 unspecified atom stereocenters. The van der Waals surface area contributed by atoms with Gasteiger partial charge in [-0.1, -0.05) is 72.6 Å². The fourth-order valence-electron chi connectivity index (χ4n) is 2.22. The zero-order valence-electron chi connectivity index (χ0n) is 10.1. The first kappa shape index (κ1) is 13.0. The molecule has 0 aromatic heterocycles. The molecule has 0 aromatic carbocycles. The molecular weight excluding hydrogens is 156 g/mol. The molecule has 0 aliphatic rings. The molecule has 0 aliphatic heterocycles. The van der Waals surface area contributed by atoms with E-state index in [-0.39, 0.29) is 0 Å². The van der Waals surface area contributed by atoms with E-state index in [1.54, 1.807) is 0 Å². The largest absolute Gasteiger partial charge is 0.0654 e. The van der Waals surface area contributed by atoms with Crippen molar-refractivity contribution >= 4 is 0 Å². The van der Waals surface area contributed by atoms with Crippen molar-refractivity contribution in [3.63, 3.8) is 0 Å². The lowest BCUT2D eigenvalue weighted by molar-refractivity contribution is 0.289. The summed E-state index contributed by atoms with van der Waals surface area (Å²) < 4.78 is 0. The van der Waals surface area contributed by atoms with Crippen LogP contribution in [0.15, 0.2) is 0 Å². The summed E-state index contributed by atoms with van der Waals surface area (Å²) in [5, 5.41) is 0. The molecule has 0 amide bonds. The van der Waals surface area contributed by atoms with Crippen molar-refractivity contribution in [1.82, 2.24) is 0 Å². The third-order valence-electron chi connectivity index (χ3n) is 3.14. The van der Waals surface area contributed by atoms with Crippen LogP contribution in [-0.4, -0.2) is 0 Å². The Morgan fingerprint density at radius 1 is 0.769 bits per heavy atom. The Balaban J connectivity index is 3.72. The SMILES string of the molecule is CCCCC(C)C(CCC)CCC. The summed E-state index contributed by atoms with van der Waals surface area (Å²) >= 11 is 0. The minimum atomic E-state index is 0.958. The van der Waals surface area contributed by atoms with Gasteiger partial charge in [-0.2, -0.15) is 0 Å². The maximum absolute atomic E-state index is 2.45. The standard InChI is InChI=1S/C13H28/c1-5-8-11-12(4)13(9-6-2)10-7-3/h12-13H,5-11H2,1-4H3. The molecule has 0 bridgehead atoms. The quantitative estimate of drug-likeness (QED) is 0.496. The molecule has 0 saturated heterocycles. The molecule has 0 heterocycles. The second-order valence-electron chi connectivity index (χ2n) is 4.46. The number of rotatable bonds is 8. The van der Waals surface area contributed by atoms with Gasteiger partial charge in [0, 0.05) is 0 Å². The predicted octanol–water partition coefficient (Wildman–Crippen LogP) is 5.03. The van der Waals surface area contributed by atoms with Gasteiger partial charge >= 0.3 is 0 Å². The van der Waals surface area contributed by atoms with E-state index in [1.165, 1.54) is 44.9 Å². The van der Waals surface area contributed by atoms with E-state index < -0.39 is 0 Å². The van der Waals surface area contributed by atoms with E-state index in [4.69, 9.17) is 0 Å². The molecule has 0 radical (unpaired) electrons. The highest BCUT2D eigenvalue weighted by Crippen LogP contribution is 2.26. The van der Waals surface area contributed by atoms with Gasteiger partial charge in [-0.3, -0.25) is 0 Å². The van der Waals surface area contributed by atoms with Crippen molar-refractivity contribution in [1.29, 1.82) is 0 Å². The van der Waals surface area contributed by atoms with Gasteiger partial charge in [0.15, 0.2) is 0 Å². The van der Waals surface area contributed by atoms with Crippen LogP contribution in [0.3, 0.4) is 0 Å². The molecule has 80 valence electrons. The van der Waals surface area contributed by atoms with Crippen LogP contribution in [0, 0.1) is 11.8 Å². The van der Waals surface area contributed by atoms with Crippen LogP contribution in [0.4, 0.5) is 0 Å². The van der Waals surface area contributed by atoms with Crippen LogP contribution < -0.4 is 0 Å². The molecule has 0 nitrogen and oxygen atoms in total. The Morgan fingerprint density at radius 3 is 1.69 bits per heavy atom. The summed E-state index contributed by atoms with van der Waals surface area (Å²) in [5.41, 5.74) is 0. The van der Waals surface area contributed by atoms with Gasteiger partial charge in [-0.05, 0) is 11.8 Å². The van der Waals surface area contributed by atoms with Gasteiger partial charge in [0.25, 0.3) is 0 Å². The first-order valence-electron chi connectivity index (χ1n) is 6.26. The molecule has 0 aliphatic carbocycles. The van der Waals surface area contributed by atoms with Crippen LogP contribution in [-0.2, 0) is 0 Å². The Hall–Kier alpha value is 0. The van der Waals surface area contributed by atoms with Gasteiger partial charge < -0.3 is 0 Å². The average Bonchev–Trinajstić information content (AvgIpc) is 2.14. The first-order valence-corrected chi connectivity index (χ1v) is 6.26. The molecular formula is C13H28. The van der Waals surface area contributed by atoms with Gasteiger partial charge in [0.05, 0.1) is 0 Å². The van der Waals surface area contributed by atoms with Crippen LogP contribution in [0.2, 0.25) is 0 Å². The van der Waals surface area contributed by atoms with Crippen LogP contribution in [0.5, 0.6) is 0 Å². The molecule has 0 N–H and O–H groups in total. The lowest BCUT2D eigenvalue weighted by Gasteiger charge is -2.23. The van der Waals surface area contributed by atoms with Crippen LogP contribution >= 0.6 is 0 Å². The molecule has 0 fully saturated rings. The van der Waals surface area contributed by atoms with Gasteiger partial charge in [-0.15, -0.1) is 0 Å². The van der Waals surface area contributed by atoms with E-state index in [0.717, 1.165) is 11.8 Å². The molecule has 0 spiro atoms. The fourth-order valence-corrected chi connectivity index (χ4v) is 2.22. The Bertz CT molecular complexity index is 90.2. The van der Waals surface area contributed by atoms with Crippen molar-refractivity contribution in [3.8, 4) is 0 Å². The average molecular weight is 184 g/mol. The Kier molecular flexibility index (Phi) is 8.59. The summed E-state index contributed by atoms with van der Waals surface area (Å²) in [7, 11) is 0. The summed E-state index contributed by atoms with van der Waals surface area (Å²) in [4.78, 5) is 0. The van der Waals surface area contributed by atoms with Crippen molar-refractivity contribution in [2.24, 2.45) is 11.8 Å². The van der Waals surface area contributed by atoms with E-state index in [2.05, 4.69) is 27.7 Å². The van der Waals surface area contributed by atoms with Crippen molar-refractivity contribution in [2.75, 3.05) is 0 Å². The Labute approximate surface area is 85.1 Å². The van der Waals surface area contributed by atoms with Crippen LogP contribution in [0.25, 0.3) is 0 Å². The summed E-state index contributed by atoms with van der Waals surface area (Å²) in [6, 6.07) is 0. The molecule has 0 heteroatoms. The monoisotopic (exact) mass is 184 g/mol. The topological polar surface area (TPSA) is 0 Å². The van der Waals surface area contributed by atoms with Gasteiger partial charge in [0.1, 0.15) is 0 Å². The lowest BCUT2D eigenvalue weighted by atomic mass is 9.83. The van der Waals surface area contributed by atoms with Crippen molar-refractivity contribution in [3.05, 3.63) is 0 Å². The maximum atomic E-state index is 2.45. The third kappa shape index (κ3) is 6.12. The lowest BCUT2D eigenvalue weighted by Crippen LogP contribution is -2.11. The second-order valence-corrected chi connectivity index (χ2v) is 4.46. The van der Waals surface area contributed by atoms with E-state index in [9.17, 15) is 0 Å². The highest BCUT2D eigenvalue weighted by molar-refractivity contribution is 4.65. The first-order chi connectivity index (χ1) is 6.26. The van der Waals surface area contributed by atoms with E-state index in [0.29, 0.717) is 0 Å². The van der Waals surface area contributed by atoms with Crippen molar-refractivity contribution < 1.29 is 0 Å². The van der Waals surface area contributed by atoms with Gasteiger partial charge in [0.2, 0.25) is 0 Å². The highest BCUT2D eigenvalue weighted by Gasteiger charge is 2.14. The summed E-state index contributed by atoms with van der Waals surface area (Å²) in [6.07, 6.45) is 9.83. The van der Waals surface area contributed by atoms with Gasteiger partial charge in [-0.25, -0.2) is 0 Å². The van der Waals surface area contributed by atoms with Crippen molar-refractivity contribution in [2.45, 2.75) is 72.6 Å². The normalized spacial score (nSPS) is 13.6. The van der Waals surface area contributed by atoms with Crippen LogP contribution in [0.1, 0.15) is 72.6 Å². The number of unbranched alkanes of at least 4 members (excludes halogenated alkanes) is 1. The number of hydrogen-bond donors (Lipinski definition) is 0. The zero-order chi connectivity index (χ0) is 10.1. The molecule has 0 saturated carbocycles. The highest BCUT2D eigenvalue weighted by atomic mass is 14.2. The Morgan fingerprint density at radius 2 is 1.31 bits per heavy atom. The zero-order valence-corrected chi connectivity index (χ0v) is 10.1. The summed E-state index contributed by atoms with van der Waals surface area (Å²) in [5.74, 6) is 1.96. The molecule has 0 rings (SSSR count). The smallest absolute Gasteiger partial charge is 0.0389 e. The third-order valence-corrected chi connectivity index (χ3v) is 3.14. The minimum Gasteiger partial charge on any atom is -0.0654 e. The second kappa shape index (κ2) is 8.59. The summed E-state index contributed by atoms with van der Waals surface area (Å²) in [6.45, 7) is 9.37. The molecule has 13 heavy (non-hydrogen) atoms. The predicted molar refractivity (Wildman–Crippen MR) is 62.0 cm³/mol.